The molecule has 0 saturated carbocycles. The molecule has 0 unspecified atom stereocenters. The summed E-state index contributed by atoms with van der Waals surface area (Å²) in [5.41, 5.74) is 1.40. The monoisotopic (exact) mass is 352 g/mol. The van der Waals surface area contributed by atoms with E-state index in [-0.39, 0.29) is 18.6 Å². The Bertz CT molecular complexity index is 981. The molecule has 0 radical (unpaired) electrons. The van der Waals surface area contributed by atoms with Crippen LogP contribution >= 0.6 is 0 Å². The van der Waals surface area contributed by atoms with Crippen LogP contribution in [-0.2, 0) is 9.53 Å². The molecule has 3 aromatic rings. The van der Waals surface area contributed by atoms with E-state index in [4.69, 9.17) is 9.47 Å². The van der Waals surface area contributed by atoms with Crippen LogP contribution in [0, 0.1) is 6.92 Å². The first-order valence-corrected chi connectivity index (χ1v) is 8.41. The fourth-order valence-corrected chi connectivity index (χ4v) is 2.57. The number of esters is 1. The second kappa shape index (κ2) is 7.82. The summed E-state index contributed by atoms with van der Waals surface area (Å²) >= 11 is 0. The molecule has 6 heteroatoms. The zero-order chi connectivity index (χ0) is 18.5. The lowest BCUT2D eigenvalue weighted by molar-refractivity contribution is -0.149. The van der Waals surface area contributed by atoms with Gasteiger partial charge in [0, 0.05) is 0 Å². The molecule has 0 amide bonds. The molecule has 134 valence electrons. The van der Waals surface area contributed by atoms with Gasteiger partial charge in [-0.1, -0.05) is 24.3 Å². The van der Waals surface area contributed by atoms with Gasteiger partial charge >= 0.3 is 5.97 Å². The van der Waals surface area contributed by atoms with E-state index in [1.165, 1.54) is 0 Å². The van der Waals surface area contributed by atoms with Crippen molar-refractivity contribution in [2.45, 2.75) is 26.4 Å². The van der Waals surface area contributed by atoms with Crippen molar-refractivity contribution in [1.82, 2.24) is 9.97 Å². The van der Waals surface area contributed by atoms with E-state index in [0.717, 1.165) is 5.56 Å². The highest BCUT2D eigenvalue weighted by Crippen LogP contribution is 2.16. The zero-order valence-electron chi connectivity index (χ0n) is 14.7. The molecule has 0 saturated heterocycles. The van der Waals surface area contributed by atoms with Crippen LogP contribution in [-0.4, -0.2) is 22.5 Å². The number of rotatable bonds is 6. The number of H-pyrrole nitrogens is 1. The number of para-hydroxylation sites is 1. The van der Waals surface area contributed by atoms with Crippen molar-refractivity contribution in [3.63, 3.8) is 0 Å². The Balaban J connectivity index is 1.58. The van der Waals surface area contributed by atoms with Gasteiger partial charge in [0.2, 0.25) is 0 Å². The third-order valence-corrected chi connectivity index (χ3v) is 3.89. The Morgan fingerprint density at radius 1 is 1.19 bits per heavy atom. The van der Waals surface area contributed by atoms with Gasteiger partial charge in [-0.15, -0.1) is 0 Å². The smallest absolute Gasteiger partial charge is 0.309 e. The molecule has 3 rings (SSSR count). The van der Waals surface area contributed by atoms with Crippen LogP contribution in [0.15, 0.2) is 53.3 Å². The highest BCUT2D eigenvalue weighted by molar-refractivity contribution is 5.77. The van der Waals surface area contributed by atoms with Crippen molar-refractivity contribution < 1.29 is 14.3 Å². The predicted octanol–water partition coefficient (Wildman–Crippen LogP) is 3.30. The third kappa shape index (κ3) is 4.27. The van der Waals surface area contributed by atoms with E-state index < -0.39 is 12.1 Å². The maximum atomic E-state index is 12.1. The maximum Gasteiger partial charge on any atom is 0.309 e. The first-order valence-electron chi connectivity index (χ1n) is 8.41. The fraction of sp³-hybridized carbons (Fsp3) is 0.250. The van der Waals surface area contributed by atoms with Crippen LogP contribution in [0.2, 0.25) is 0 Å². The van der Waals surface area contributed by atoms with Crippen LogP contribution in [0.4, 0.5) is 0 Å². The predicted molar refractivity (Wildman–Crippen MR) is 98.2 cm³/mol. The Labute approximate surface area is 150 Å². The zero-order valence-corrected chi connectivity index (χ0v) is 14.7. The van der Waals surface area contributed by atoms with E-state index in [2.05, 4.69) is 9.97 Å². The van der Waals surface area contributed by atoms with Gasteiger partial charge in [0.15, 0.2) is 11.9 Å². The highest BCUT2D eigenvalue weighted by Gasteiger charge is 2.15. The normalized spacial score (nSPS) is 11.9. The van der Waals surface area contributed by atoms with Gasteiger partial charge in [0.1, 0.15) is 5.75 Å². The Morgan fingerprint density at radius 3 is 2.81 bits per heavy atom. The lowest BCUT2D eigenvalue weighted by Crippen LogP contribution is -2.18. The highest BCUT2D eigenvalue weighted by atomic mass is 16.5. The topological polar surface area (TPSA) is 81.3 Å². The molecule has 1 atom stereocenters. The van der Waals surface area contributed by atoms with Gasteiger partial charge in [-0.2, -0.15) is 0 Å². The number of ether oxygens (including phenoxy) is 2. The Morgan fingerprint density at radius 2 is 2.00 bits per heavy atom. The number of fused-ring (bicyclic) bond motifs is 1. The number of nitrogens with one attached hydrogen (secondary N) is 1. The van der Waals surface area contributed by atoms with Crippen molar-refractivity contribution in [1.29, 1.82) is 0 Å². The number of hydrogen-bond donors (Lipinski definition) is 1. The van der Waals surface area contributed by atoms with Crippen molar-refractivity contribution in [3.05, 3.63) is 70.3 Å². The summed E-state index contributed by atoms with van der Waals surface area (Å²) in [6.07, 6.45) is -0.547. The second-order valence-electron chi connectivity index (χ2n) is 6.02. The largest absolute Gasteiger partial charge is 0.493 e. The Hall–Kier alpha value is -3.15. The Kier molecular flexibility index (Phi) is 5.31. The van der Waals surface area contributed by atoms with Crippen LogP contribution in [0.3, 0.4) is 0 Å². The number of aromatic nitrogens is 2. The van der Waals surface area contributed by atoms with Crippen molar-refractivity contribution in [3.8, 4) is 5.75 Å². The lowest BCUT2D eigenvalue weighted by atomic mass is 10.2. The van der Waals surface area contributed by atoms with E-state index in [9.17, 15) is 9.59 Å². The van der Waals surface area contributed by atoms with Crippen molar-refractivity contribution >= 4 is 16.9 Å². The summed E-state index contributed by atoms with van der Waals surface area (Å²) in [4.78, 5) is 31.1. The number of aromatic amines is 1. The summed E-state index contributed by atoms with van der Waals surface area (Å²) < 4.78 is 10.9. The van der Waals surface area contributed by atoms with Crippen molar-refractivity contribution in [2.75, 3.05) is 6.61 Å². The molecule has 0 bridgehead atoms. The van der Waals surface area contributed by atoms with Gasteiger partial charge in [0.25, 0.3) is 5.56 Å². The first kappa shape index (κ1) is 17.7. The average Bonchev–Trinajstić information content (AvgIpc) is 2.61. The van der Waals surface area contributed by atoms with Crippen molar-refractivity contribution in [2.24, 2.45) is 0 Å². The third-order valence-electron chi connectivity index (χ3n) is 3.89. The summed E-state index contributed by atoms with van der Waals surface area (Å²) in [5, 5.41) is 0.501. The fourth-order valence-electron chi connectivity index (χ4n) is 2.57. The number of benzene rings is 2. The molecule has 26 heavy (non-hydrogen) atoms. The quantitative estimate of drug-likeness (QED) is 0.688. The van der Waals surface area contributed by atoms with E-state index >= 15 is 0 Å². The van der Waals surface area contributed by atoms with Crippen LogP contribution in [0.5, 0.6) is 5.75 Å². The molecule has 0 aliphatic rings. The molecule has 0 fully saturated rings. The SMILES string of the molecule is Cc1cccc(OCCC(=O)O[C@H](C)c2nc3ccccc3c(=O)[nH]2)c1. The molecule has 2 aromatic carbocycles. The van der Waals surface area contributed by atoms with Crippen LogP contribution in [0.25, 0.3) is 10.9 Å². The summed E-state index contributed by atoms with van der Waals surface area (Å²) in [5.74, 6) is 0.619. The second-order valence-corrected chi connectivity index (χ2v) is 6.02. The standard InChI is InChI=1S/C20H20N2O4/c1-13-6-5-7-15(12-13)25-11-10-18(23)26-14(2)19-21-17-9-4-3-8-16(17)20(24)22-19/h3-9,12,14H,10-11H2,1-2H3,(H,21,22,24)/t14-/m1/s1. The number of nitrogens with zero attached hydrogens (tertiary/aromatic N) is 1. The molecular formula is C20H20N2O4. The van der Waals surface area contributed by atoms with E-state index in [1.54, 1.807) is 31.2 Å². The maximum absolute atomic E-state index is 12.1. The number of hydrogen-bond acceptors (Lipinski definition) is 5. The summed E-state index contributed by atoms with van der Waals surface area (Å²) in [7, 11) is 0. The average molecular weight is 352 g/mol. The van der Waals surface area contributed by atoms with E-state index in [0.29, 0.717) is 22.5 Å². The van der Waals surface area contributed by atoms with Crippen LogP contribution in [0.1, 0.15) is 30.8 Å². The minimum absolute atomic E-state index is 0.107. The van der Waals surface area contributed by atoms with Gasteiger partial charge in [0.05, 0.1) is 23.9 Å². The van der Waals surface area contributed by atoms with Gasteiger partial charge in [-0.25, -0.2) is 4.98 Å². The number of carbonyl (C=O) groups excluding carboxylic acids is 1. The first-order chi connectivity index (χ1) is 12.5. The molecule has 0 aliphatic heterocycles. The van der Waals surface area contributed by atoms with Gasteiger partial charge in [-0.3, -0.25) is 9.59 Å². The van der Waals surface area contributed by atoms with Gasteiger partial charge < -0.3 is 14.5 Å². The summed E-state index contributed by atoms with van der Waals surface area (Å²) in [6.45, 7) is 3.86. The molecule has 1 aromatic heterocycles. The lowest BCUT2D eigenvalue weighted by Gasteiger charge is -2.13. The molecular weight excluding hydrogens is 332 g/mol. The number of carbonyl (C=O) groups is 1. The molecule has 0 aliphatic carbocycles. The molecule has 1 heterocycles. The minimum Gasteiger partial charge on any atom is -0.493 e. The molecule has 1 N–H and O–H groups in total. The summed E-state index contributed by atoms with van der Waals surface area (Å²) in [6, 6.07) is 14.6. The number of aryl methyl sites for hydroxylation is 1. The molecule has 0 spiro atoms. The minimum atomic E-state index is -0.654. The van der Waals surface area contributed by atoms with Crippen LogP contribution < -0.4 is 10.3 Å². The van der Waals surface area contributed by atoms with E-state index in [1.807, 2.05) is 31.2 Å². The molecule has 6 nitrogen and oxygen atoms in total. The van der Waals surface area contributed by atoms with Gasteiger partial charge in [-0.05, 0) is 43.7 Å².